The van der Waals surface area contributed by atoms with Crippen LogP contribution < -0.4 is 9.80 Å². The van der Waals surface area contributed by atoms with E-state index in [1.165, 1.54) is 77.5 Å². The summed E-state index contributed by atoms with van der Waals surface area (Å²) >= 11 is 0. The van der Waals surface area contributed by atoms with E-state index in [2.05, 4.69) is 291 Å². The molecule has 0 unspecified atom stereocenters. The average Bonchev–Trinajstić information content (AvgIpc) is 3.65. The Kier molecular flexibility index (Phi) is 10.6. The van der Waals surface area contributed by atoms with E-state index in [0.29, 0.717) is 0 Å². The Hall–Kier alpha value is -8.72. The molecule has 0 fully saturated rings. The number of anilines is 6. The minimum atomic E-state index is -0.0803. The number of hydrogen-bond acceptors (Lipinski definition) is 2. The zero-order valence-corrected chi connectivity index (χ0v) is 38.8. The molecule has 2 nitrogen and oxygen atoms in total. The van der Waals surface area contributed by atoms with Gasteiger partial charge in [-0.25, -0.2) is 0 Å². The smallest absolute Gasteiger partial charge is 0.0546 e. The van der Waals surface area contributed by atoms with E-state index >= 15 is 0 Å². The van der Waals surface area contributed by atoms with Crippen LogP contribution in [0.15, 0.2) is 267 Å². The number of benzene rings is 11. The molecule has 0 radical (unpaired) electrons. The molecule has 12 rings (SSSR count). The van der Waals surface area contributed by atoms with Crippen molar-refractivity contribution in [3.8, 4) is 55.6 Å². The summed E-state index contributed by atoms with van der Waals surface area (Å²) in [4.78, 5) is 4.78. The van der Waals surface area contributed by atoms with Crippen LogP contribution in [0.2, 0.25) is 0 Å². The lowest BCUT2D eigenvalue weighted by atomic mass is 9.82. The van der Waals surface area contributed by atoms with Gasteiger partial charge in [0.25, 0.3) is 0 Å². The van der Waals surface area contributed by atoms with Crippen LogP contribution in [0.25, 0.3) is 66.4 Å². The van der Waals surface area contributed by atoms with Crippen molar-refractivity contribution in [2.45, 2.75) is 19.3 Å². The van der Waals surface area contributed by atoms with Crippen LogP contribution in [0.4, 0.5) is 34.1 Å². The SMILES string of the molecule is CC1(C)c2ccccc2-c2ccc(N(c3ccccc3)c3ccc(-c4ccc(-c5ccc(N(c6ccc(-c7ccccc7)cc6)c6ccc7ccccc7c6-c6ccccc6)cc5)cc4)cc3)cc21. The van der Waals surface area contributed by atoms with Gasteiger partial charge in [-0.15, -0.1) is 0 Å². The molecule has 69 heavy (non-hydrogen) atoms. The van der Waals surface area contributed by atoms with Crippen LogP contribution in [0.3, 0.4) is 0 Å². The van der Waals surface area contributed by atoms with Crippen molar-refractivity contribution >= 4 is 44.9 Å². The molecule has 0 heterocycles. The highest BCUT2D eigenvalue weighted by Gasteiger charge is 2.35. The maximum Gasteiger partial charge on any atom is 0.0546 e. The highest BCUT2D eigenvalue weighted by Crippen LogP contribution is 2.51. The summed E-state index contributed by atoms with van der Waals surface area (Å²) in [5, 5.41) is 2.44. The zero-order chi connectivity index (χ0) is 46.3. The average molecular weight is 883 g/mol. The summed E-state index contributed by atoms with van der Waals surface area (Å²) in [6.07, 6.45) is 0. The van der Waals surface area contributed by atoms with Gasteiger partial charge in [0, 0.05) is 39.4 Å². The minimum Gasteiger partial charge on any atom is -0.310 e. The molecule has 0 saturated carbocycles. The van der Waals surface area contributed by atoms with Gasteiger partial charge in [-0.1, -0.05) is 214 Å². The first-order valence-corrected chi connectivity index (χ1v) is 23.9. The van der Waals surface area contributed by atoms with Gasteiger partial charge in [0.1, 0.15) is 0 Å². The molecule has 1 aliphatic rings. The predicted octanol–water partition coefficient (Wildman–Crippen LogP) is 18.8. The summed E-state index contributed by atoms with van der Waals surface area (Å²) < 4.78 is 0. The molecule has 0 N–H and O–H groups in total. The largest absolute Gasteiger partial charge is 0.310 e. The molecule has 0 spiro atoms. The summed E-state index contributed by atoms with van der Waals surface area (Å²) in [7, 11) is 0. The topological polar surface area (TPSA) is 6.48 Å². The first kappa shape index (κ1) is 41.7. The van der Waals surface area contributed by atoms with E-state index in [1.807, 2.05) is 0 Å². The molecule has 328 valence electrons. The monoisotopic (exact) mass is 882 g/mol. The number of nitrogens with zero attached hydrogens (tertiary/aromatic N) is 2. The Morgan fingerprint density at radius 2 is 0.681 bits per heavy atom. The summed E-state index contributed by atoms with van der Waals surface area (Å²) in [6, 6.07) is 97.1. The van der Waals surface area contributed by atoms with Gasteiger partial charge in [-0.2, -0.15) is 0 Å². The van der Waals surface area contributed by atoms with Crippen molar-refractivity contribution in [1.29, 1.82) is 0 Å². The Morgan fingerprint density at radius 1 is 0.275 bits per heavy atom. The lowest BCUT2D eigenvalue weighted by Crippen LogP contribution is -2.16. The van der Waals surface area contributed by atoms with Crippen LogP contribution in [-0.4, -0.2) is 0 Å². The predicted molar refractivity (Wildman–Crippen MR) is 293 cm³/mol. The Balaban J connectivity index is 0.855. The van der Waals surface area contributed by atoms with Crippen LogP contribution in [0.1, 0.15) is 25.0 Å². The first-order valence-electron chi connectivity index (χ1n) is 23.9. The van der Waals surface area contributed by atoms with Crippen molar-refractivity contribution in [2.75, 3.05) is 9.80 Å². The molecule has 0 amide bonds. The highest BCUT2D eigenvalue weighted by molar-refractivity contribution is 6.05. The maximum atomic E-state index is 2.41. The Bertz CT molecular complexity index is 3580. The fraction of sp³-hybridized carbons (Fsp3) is 0.0448. The van der Waals surface area contributed by atoms with Crippen LogP contribution in [-0.2, 0) is 5.41 Å². The van der Waals surface area contributed by atoms with Gasteiger partial charge >= 0.3 is 0 Å². The van der Waals surface area contributed by atoms with Gasteiger partial charge in [0.15, 0.2) is 0 Å². The molecular weight excluding hydrogens is 833 g/mol. The number of rotatable bonds is 10. The lowest BCUT2D eigenvalue weighted by molar-refractivity contribution is 0.660. The Morgan fingerprint density at radius 3 is 1.26 bits per heavy atom. The molecule has 0 aromatic heterocycles. The van der Waals surface area contributed by atoms with Gasteiger partial charge in [-0.05, 0) is 139 Å². The van der Waals surface area contributed by atoms with E-state index < -0.39 is 0 Å². The Labute approximate surface area is 405 Å². The van der Waals surface area contributed by atoms with Gasteiger partial charge in [-0.3, -0.25) is 0 Å². The van der Waals surface area contributed by atoms with E-state index in [9.17, 15) is 0 Å². The quantitative estimate of drug-likeness (QED) is 0.135. The third-order valence-electron chi connectivity index (χ3n) is 14.1. The van der Waals surface area contributed by atoms with E-state index in [4.69, 9.17) is 0 Å². The van der Waals surface area contributed by atoms with Crippen molar-refractivity contribution in [1.82, 2.24) is 0 Å². The molecule has 2 heteroatoms. The minimum absolute atomic E-state index is 0.0803. The molecule has 0 saturated heterocycles. The lowest BCUT2D eigenvalue weighted by Gasteiger charge is -2.29. The molecular formula is C67H50N2. The molecule has 11 aromatic carbocycles. The summed E-state index contributed by atoms with van der Waals surface area (Å²) in [6.45, 7) is 4.69. The number of fused-ring (bicyclic) bond motifs is 4. The van der Waals surface area contributed by atoms with Crippen LogP contribution in [0, 0.1) is 0 Å². The molecule has 11 aromatic rings. The van der Waals surface area contributed by atoms with E-state index in [-0.39, 0.29) is 5.41 Å². The normalized spacial score (nSPS) is 12.3. The summed E-state index contributed by atoms with van der Waals surface area (Å²) in [5.41, 5.74) is 21.5. The van der Waals surface area contributed by atoms with Crippen LogP contribution >= 0.6 is 0 Å². The van der Waals surface area contributed by atoms with E-state index in [1.54, 1.807) is 0 Å². The second kappa shape index (κ2) is 17.5. The second-order valence-corrected chi connectivity index (χ2v) is 18.5. The summed E-state index contributed by atoms with van der Waals surface area (Å²) in [5.74, 6) is 0. The van der Waals surface area contributed by atoms with Gasteiger partial charge < -0.3 is 9.80 Å². The van der Waals surface area contributed by atoms with Crippen molar-refractivity contribution in [2.24, 2.45) is 0 Å². The van der Waals surface area contributed by atoms with E-state index in [0.717, 1.165) is 34.1 Å². The molecule has 0 aliphatic heterocycles. The number of hydrogen-bond donors (Lipinski definition) is 0. The van der Waals surface area contributed by atoms with Gasteiger partial charge in [0.05, 0.1) is 5.69 Å². The fourth-order valence-corrected chi connectivity index (χ4v) is 10.5. The molecule has 1 aliphatic carbocycles. The van der Waals surface area contributed by atoms with Crippen LogP contribution in [0.5, 0.6) is 0 Å². The van der Waals surface area contributed by atoms with Crippen molar-refractivity contribution in [3.05, 3.63) is 278 Å². The first-order chi connectivity index (χ1) is 34.0. The van der Waals surface area contributed by atoms with Gasteiger partial charge in [0.2, 0.25) is 0 Å². The van der Waals surface area contributed by atoms with Crippen molar-refractivity contribution in [3.63, 3.8) is 0 Å². The van der Waals surface area contributed by atoms with Crippen molar-refractivity contribution < 1.29 is 0 Å². The third kappa shape index (κ3) is 7.67. The number of para-hydroxylation sites is 1. The maximum absolute atomic E-state index is 2.41. The second-order valence-electron chi connectivity index (χ2n) is 18.5. The molecule has 0 bridgehead atoms. The third-order valence-corrected chi connectivity index (χ3v) is 14.1. The standard InChI is InChI=1S/C67H50N2/c1-67(2)63-25-15-14-24-61(63)62-44-43-59(46-64(62)67)68(55-21-10-5-11-22-55)56-37-30-51(31-38-56)48-26-28-49(29-27-48)52-34-41-58(42-35-52)69(57-39-32-50(33-40-57)47-16-6-3-7-17-47)65-45-36-53-18-12-13-23-60(53)66(65)54-19-8-4-9-20-54/h3-46H,1-2H3. The highest BCUT2D eigenvalue weighted by atomic mass is 15.1. The fourth-order valence-electron chi connectivity index (χ4n) is 10.5. The molecule has 0 atom stereocenters. The zero-order valence-electron chi connectivity index (χ0n) is 38.8.